The summed E-state index contributed by atoms with van der Waals surface area (Å²) in [6, 6.07) is 12.3. The van der Waals surface area contributed by atoms with Crippen LogP contribution in [-0.2, 0) is 0 Å². The van der Waals surface area contributed by atoms with Crippen molar-refractivity contribution in [1.82, 2.24) is 15.0 Å². The molecule has 4 nitrogen and oxygen atoms in total. The third-order valence-electron chi connectivity index (χ3n) is 2.98. The second-order valence-corrected chi connectivity index (χ2v) is 4.30. The first-order chi connectivity index (χ1) is 10.2. The minimum Gasteiger partial charge on any atom is -0.287 e. The zero-order valence-corrected chi connectivity index (χ0v) is 10.7. The van der Waals surface area contributed by atoms with E-state index in [2.05, 4.69) is 10.3 Å². The highest BCUT2D eigenvalue weighted by Crippen LogP contribution is 2.17. The topological polar surface area (TPSA) is 47.8 Å². The van der Waals surface area contributed by atoms with Crippen molar-refractivity contribution >= 4 is 5.78 Å². The number of carbonyl (C=O) groups excluding carboxylic acids is 1. The molecule has 0 spiro atoms. The first-order valence-electron chi connectivity index (χ1n) is 6.13. The summed E-state index contributed by atoms with van der Waals surface area (Å²) in [5.41, 5.74) is 0.315. The van der Waals surface area contributed by atoms with Crippen LogP contribution in [0.5, 0.6) is 0 Å². The van der Waals surface area contributed by atoms with E-state index < -0.39 is 17.4 Å². The SMILES string of the molecule is O=C(c1cccc(F)c1F)c1cnnn1-c1ccccc1. The number of para-hydroxylation sites is 1. The van der Waals surface area contributed by atoms with E-state index in [1.807, 2.05) is 6.07 Å². The quantitative estimate of drug-likeness (QED) is 0.695. The highest BCUT2D eigenvalue weighted by Gasteiger charge is 2.21. The second-order valence-electron chi connectivity index (χ2n) is 4.30. The van der Waals surface area contributed by atoms with Gasteiger partial charge in [0.1, 0.15) is 5.69 Å². The van der Waals surface area contributed by atoms with Crippen molar-refractivity contribution in [1.29, 1.82) is 0 Å². The van der Waals surface area contributed by atoms with Crippen LogP contribution in [-0.4, -0.2) is 20.8 Å². The van der Waals surface area contributed by atoms with Crippen molar-refractivity contribution in [3.8, 4) is 5.69 Å². The number of nitrogens with zero attached hydrogens (tertiary/aromatic N) is 3. The molecule has 0 saturated heterocycles. The smallest absolute Gasteiger partial charge is 0.216 e. The van der Waals surface area contributed by atoms with Crippen LogP contribution in [0.4, 0.5) is 8.78 Å². The zero-order chi connectivity index (χ0) is 14.8. The molecular weight excluding hydrogens is 276 g/mol. The Morgan fingerprint density at radius 3 is 2.52 bits per heavy atom. The van der Waals surface area contributed by atoms with Crippen LogP contribution in [0.3, 0.4) is 0 Å². The predicted molar refractivity (Wildman–Crippen MR) is 71.1 cm³/mol. The predicted octanol–water partition coefficient (Wildman–Crippen LogP) is 2.78. The molecule has 0 radical (unpaired) electrons. The molecule has 3 aromatic rings. The molecule has 6 heteroatoms. The van der Waals surface area contributed by atoms with Crippen molar-refractivity contribution in [2.45, 2.75) is 0 Å². The van der Waals surface area contributed by atoms with Crippen molar-refractivity contribution in [3.63, 3.8) is 0 Å². The lowest BCUT2D eigenvalue weighted by Gasteiger charge is -2.06. The van der Waals surface area contributed by atoms with Gasteiger partial charge in [0.05, 0.1) is 17.4 Å². The van der Waals surface area contributed by atoms with Crippen molar-refractivity contribution in [2.24, 2.45) is 0 Å². The van der Waals surface area contributed by atoms with Crippen molar-refractivity contribution in [2.75, 3.05) is 0 Å². The highest BCUT2D eigenvalue weighted by atomic mass is 19.2. The summed E-state index contributed by atoms with van der Waals surface area (Å²) in [5, 5.41) is 7.49. The number of hydrogen-bond donors (Lipinski definition) is 0. The zero-order valence-electron chi connectivity index (χ0n) is 10.7. The molecule has 0 aliphatic heterocycles. The molecule has 0 N–H and O–H groups in total. The van der Waals surface area contributed by atoms with Gasteiger partial charge >= 0.3 is 0 Å². The van der Waals surface area contributed by atoms with E-state index in [1.165, 1.54) is 23.0 Å². The molecule has 3 rings (SSSR count). The number of benzene rings is 2. The van der Waals surface area contributed by atoms with Crippen LogP contribution in [0.2, 0.25) is 0 Å². The lowest BCUT2D eigenvalue weighted by atomic mass is 10.1. The van der Waals surface area contributed by atoms with Crippen LogP contribution in [0.25, 0.3) is 5.69 Å². The summed E-state index contributed by atoms with van der Waals surface area (Å²) in [7, 11) is 0. The summed E-state index contributed by atoms with van der Waals surface area (Å²) in [6.07, 6.45) is 1.22. The largest absolute Gasteiger partial charge is 0.287 e. The van der Waals surface area contributed by atoms with E-state index in [0.717, 1.165) is 6.07 Å². The fourth-order valence-electron chi connectivity index (χ4n) is 1.97. The van der Waals surface area contributed by atoms with Crippen molar-refractivity contribution in [3.05, 3.63) is 77.6 Å². The maximum absolute atomic E-state index is 13.7. The van der Waals surface area contributed by atoms with Gasteiger partial charge in [0, 0.05) is 0 Å². The molecule has 0 atom stereocenters. The molecule has 1 aromatic heterocycles. The Morgan fingerprint density at radius 1 is 1.00 bits per heavy atom. The molecule has 0 aliphatic carbocycles. The van der Waals surface area contributed by atoms with Crippen LogP contribution < -0.4 is 0 Å². The van der Waals surface area contributed by atoms with Crippen molar-refractivity contribution < 1.29 is 13.6 Å². The molecule has 1 heterocycles. The molecule has 0 saturated carbocycles. The van der Waals surface area contributed by atoms with Crippen LogP contribution in [0.1, 0.15) is 16.1 Å². The Hall–Kier alpha value is -2.89. The number of aromatic nitrogens is 3. The normalized spacial score (nSPS) is 10.6. The Labute approximate surface area is 118 Å². The minimum atomic E-state index is -1.18. The molecule has 0 fully saturated rings. The fourth-order valence-corrected chi connectivity index (χ4v) is 1.97. The maximum atomic E-state index is 13.7. The molecule has 0 aliphatic rings. The van der Waals surface area contributed by atoms with E-state index in [-0.39, 0.29) is 11.3 Å². The van der Waals surface area contributed by atoms with Gasteiger partial charge < -0.3 is 0 Å². The van der Waals surface area contributed by atoms with Crippen LogP contribution in [0, 0.1) is 11.6 Å². The van der Waals surface area contributed by atoms with Gasteiger partial charge in [-0.05, 0) is 24.3 Å². The Kier molecular flexibility index (Phi) is 3.27. The Morgan fingerprint density at radius 2 is 1.76 bits per heavy atom. The van der Waals surface area contributed by atoms with E-state index in [1.54, 1.807) is 24.3 Å². The maximum Gasteiger partial charge on any atom is 0.216 e. The van der Waals surface area contributed by atoms with E-state index in [0.29, 0.717) is 5.69 Å². The summed E-state index contributed by atoms with van der Waals surface area (Å²) < 4.78 is 28.3. The van der Waals surface area contributed by atoms with Gasteiger partial charge in [0.2, 0.25) is 5.78 Å². The molecule has 0 bridgehead atoms. The average Bonchev–Trinajstić information content (AvgIpc) is 3.00. The van der Waals surface area contributed by atoms with Gasteiger partial charge in [-0.2, -0.15) is 0 Å². The number of rotatable bonds is 3. The van der Waals surface area contributed by atoms with Crippen LogP contribution in [0.15, 0.2) is 54.7 Å². The van der Waals surface area contributed by atoms with E-state index in [9.17, 15) is 13.6 Å². The minimum absolute atomic E-state index is 0.0608. The van der Waals surface area contributed by atoms with Gasteiger partial charge in [-0.3, -0.25) is 4.79 Å². The molecule has 21 heavy (non-hydrogen) atoms. The second kappa shape index (κ2) is 5.24. The van der Waals surface area contributed by atoms with E-state index in [4.69, 9.17) is 0 Å². The third-order valence-corrected chi connectivity index (χ3v) is 2.98. The summed E-state index contributed by atoms with van der Waals surface area (Å²) in [6.45, 7) is 0. The number of halogens is 2. The fraction of sp³-hybridized carbons (Fsp3) is 0. The lowest BCUT2D eigenvalue weighted by molar-refractivity contribution is 0.102. The Balaban J connectivity index is 2.08. The monoisotopic (exact) mass is 285 g/mol. The molecule has 2 aromatic carbocycles. The number of hydrogen-bond acceptors (Lipinski definition) is 3. The average molecular weight is 285 g/mol. The molecular formula is C15H9F2N3O. The van der Waals surface area contributed by atoms with Gasteiger partial charge in [-0.25, -0.2) is 13.5 Å². The first-order valence-corrected chi connectivity index (χ1v) is 6.13. The number of carbonyl (C=O) groups is 1. The van der Waals surface area contributed by atoms with E-state index >= 15 is 0 Å². The lowest BCUT2D eigenvalue weighted by Crippen LogP contribution is -2.12. The first kappa shape index (κ1) is 13.1. The standard InChI is InChI=1S/C15H9F2N3O/c16-12-8-4-7-11(14(12)17)15(21)13-9-18-19-20(13)10-5-2-1-3-6-10/h1-9H. The van der Waals surface area contributed by atoms with Gasteiger partial charge in [0.15, 0.2) is 11.6 Å². The van der Waals surface area contributed by atoms with Gasteiger partial charge in [-0.1, -0.05) is 29.5 Å². The molecule has 104 valence electrons. The highest BCUT2D eigenvalue weighted by molar-refractivity contribution is 6.08. The molecule has 0 unspecified atom stereocenters. The summed E-state index contributed by atoms with van der Waals surface area (Å²) >= 11 is 0. The summed E-state index contributed by atoms with van der Waals surface area (Å²) in [5.74, 6) is -2.93. The van der Waals surface area contributed by atoms with Crippen LogP contribution >= 0.6 is 0 Å². The molecule has 0 amide bonds. The number of ketones is 1. The summed E-state index contributed by atoms with van der Waals surface area (Å²) in [4.78, 5) is 12.4. The Bertz CT molecular complexity index is 800. The third kappa shape index (κ3) is 2.31. The van der Waals surface area contributed by atoms with Gasteiger partial charge in [0.25, 0.3) is 0 Å². The van der Waals surface area contributed by atoms with Gasteiger partial charge in [-0.15, -0.1) is 5.10 Å².